The van der Waals surface area contributed by atoms with Gasteiger partial charge in [-0.1, -0.05) is 11.6 Å². The highest BCUT2D eigenvalue weighted by Crippen LogP contribution is 2.19. The number of hydrogen-bond donors (Lipinski definition) is 1. The van der Waals surface area contributed by atoms with Gasteiger partial charge in [0.2, 0.25) is 5.69 Å². The molecule has 0 atom stereocenters. The molecule has 7 heteroatoms. The molecule has 15 heavy (non-hydrogen) atoms. The Balaban J connectivity index is 2.98. The van der Waals surface area contributed by atoms with Crippen molar-refractivity contribution < 1.29 is 0 Å². The molecule has 2 aromatic rings. The van der Waals surface area contributed by atoms with Gasteiger partial charge in [-0.05, 0) is 17.3 Å². The first-order chi connectivity index (χ1) is 7.13. The lowest BCUT2D eigenvalue weighted by Gasteiger charge is -2.04. The molecule has 0 aliphatic rings. The van der Waals surface area contributed by atoms with Crippen LogP contribution >= 0.6 is 11.6 Å². The van der Waals surface area contributed by atoms with Gasteiger partial charge in [0.25, 0.3) is 0 Å². The van der Waals surface area contributed by atoms with E-state index in [0.717, 1.165) is 0 Å². The number of nitrogen functional groups attached to an aromatic ring is 1. The van der Waals surface area contributed by atoms with Crippen LogP contribution in [0, 0.1) is 4.91 Å². The normalized spacial score (nSPS) is 10.5. The maximum Gasteiger partial charge on any atom is 0.304 e. The summed E-state index contributed by atoms with van der Waals surface area (Å²) in [5.41, 5.74) is 4.73. The van der Waals surface area contributed by atoms with Crippen molar-refractivity contribution in [2.75, 3.05) is 5.73 Å². The van der Waals surface area contributed by atoms with E-state index in [1.807, 2.05) is 0 Å². The van der Waals surface area contributed by atoms with E-state index in [1.54, 1.807) is 6.07 Å². The molecule has 0 fully saturated rings. The number of nitroso groups, excluding NO2 is 1. The van der Waals surface area contributed by atoms with Crippen molar-refractivity contribution in [2.24, 2.45) is 5.18 Å². The predicted octanol–water partition coefficient (Wildman–Crippen LogP) is 1.33. The standard InChI is InChI=1S/C8H5ClN4O2/c9-4-1-2-5-11-8(14)6(12-15)7(10)13(5)3-4/h1-3H,10H2. The van der Waals surface area contributed by atoms with Crippen LogP contribution in [0.1, 0.15) is 0 Å². The third-order valence-corrected chi connectivity index (χ3v) is 2.13. The number of halogens is 1. The Bertz CT molecular complexity index is 607. The summed E-state index contributed by atoms with van der Waals surface area (Å²) in [6, 6.07) is 3.09. The Hall–Kier alpha value is -1.95. The lowest BCUT2D eigenvalue weighted by atomic mass is 10.4. The van der Waals surface area contributed by atoms with Crippen molar-refractivity contribution in [2.45, 2.75) is 0 Å². The molecular formula is C8H5ClN4O2. The summed E-state index contributed by atoms with van der Waals surface area (Å²) in [6.45, 7) is 0. The second kappa shape index (κ2) is 3.32. The molecule has 0 spiro atoms. The second-order valence-corrected chi connectivity index (χ2v) is 3.25. The van der Waals surface area contributed by atoms with Gasteiger partial charge in [0.1, 0.15) is 11.5 Å². The van der Waals surface area contributed by atoms with E-state index in [-0.39, 0.29) is 5.82 Å². The summed E-state index contributed by atoms with van der Waals surface area (Å²) in [5, 5.41) is 2.95. The fraction of sp³-hybridized carbons (Fsp3) is 0. The monoisotopic (exact) mass is 224 g/mol. The van der Waals surface area contributed by atoms with Gasteiger partial charge in [-0.25, -0.2) is 0 Å². The van der Waals surface area contributed by atoms with E-state index in [2.05, 4.69) is 10.2 Å². The third-order valence-electron chi connectivity index (χ3n) is 1.90. The summed E-state index contributed by atoms with van der Waals surface area (Å²) in [6.07, 6.45) is 1.45. The molecule has 2 N–H and O–H groups in total. The van der Waals surface area contributed by atoms with Crippen LogP contribution in [0.15, 0.2) is 28.3 Å². The number of anilines is 1. The van der Waals surface area contributed by atoms with Crippen molar-refractivity contribution >= 4 is 28.8 Å². The van der Waals surface area contributed by atoms with E-state index in [9.17, 15) is 9.70 Å². The molecule has 0 radical (unpaired) electrons. The van der Waals surface area contributed by atoms with Gasteiger partial charge in [-0.3, -0.25) is 9.20 Å². The smallest absolute Gasteiger partial charge is 0.304 e. The number of rotatable bonds is 1. The van der Waals surface area contributed by atoms with Gasteiger partial charge in [0.15, 0.2) is 0 Å². The Morgan fingerprint density at radius 3 is 2.87 bits per heavy atom. The first kappa shape index (κ1) is 9.60. The minimum absolute atomic E-state index is 0.0671. The molecule has 0 amide bonds. The molecule has 6 nitrogen and oxygen atoms in total. The lowest BCUT2D eigenvalue weighted by Crippen LogP contribution is -2.13. The van der Waals surface area contributed by atoms with Gasteiger partial charge in [0, 0.05) is 6.20 Å². The SMILES string of the molecule is Nc1c(N=O)c(=O)nc2ccc(Cl)cn12. The molecule has 2 heterocycles. The Labute approximate surface area is 88.3 Å². The molecule has 0 aliphatic carbocycles. The van der Waals surface area contributed by atoms with Crippen LogP contribution in [0.4, 0.5) is 11.5 Å². The highest BCUT2D eigenvalue weighted by molar-refractivity contribution is 6.30. The molecule has 76 valence electrons. The molecule has 2 aromatic heterocycles. The number of nitrogens with zero attached hydrogens (tertiary/aromatic N) is 3. The average Bonchev–Trinajstić information content (AvgIpc) is 2.20. The molecule has 2 rings (SSSR count). The summed E-state index contributed by atoms with van der Waals surface area (Å²) in [5.74, 6) is -0.0671. The zero-order valence-corrected chi connectivity index (χ0v) is 8.10. The minimum atomic E-state index is -0.746. The minimum Gasteiger partial charge on any atom is -0.383 e. The molecule has 0 bridgehead atoms. The van der Waals surface area contributed by atoms with Crippen molar-refractivity contribution in [1.29, 1.82) is 0 Å². The Morgan fingerprint density at radius 1 is 1.47 bits per heavy atom. The van der Waals surface area contributed by atoms with Gasteiger partial charge in [-0.15, -0.1) is 4.91 Å². The molecule has 0 saturated heterocycles. The van der Waals surface area contributed by atoms with Crippen molar-refractivity contribution in [3.05, 3.63) is 38.6 Å². The summed E-state index contributed by atoms with van der Waals surface area (Å²) < 4.78 is 1.33. The van der Waals surface area contributed by atoms with E-state index >= 15 is 0 Å². The maximum atomic E-state index is 11.2. The van der Waals surface area contributed by atoms with Crippen LogP contribution in [0.2, 0.25) is 5.02 Å². The largest absolute Gasteiger partial charge is 0.383 e. The fourth-order valence-electron chi connectivity index (χ4n) is 1.22. The summed E-state index contributed by atoms with van der Waals surface area (Å²) in [4.78, 5) is 25.2. The molecule has 0 aliphatic heterocycles. The maximum absolute atomic E-state index is 11.2. The van der Waals surface area contributed by atoms with Crippen LogP contribution in [0.5, 0.6) is 0 Å². The Morgan fingerprint density at radius 2 is 2.20 bits per heavy atom. The van der Waals surface area contributed by atoms with Crippen LogP contribution in [0.25, 0.3) is 5.65 Å². The molecule has 0 saturated carbocycles. The average molecular weight is 225 g/mol. The number of aromatic nitrogens is 2. The van der Waals surface area contributed by atoms with Crippen LogP contribution in [-0.4, -0.2) is 9.38 Å². The number of hydrogen-bond acceptors (Lipinski definition) is 5. The van der Waals surface area contributed by atoms with Gasteiger partial charge in [-0.2, -0.15) is 4.98 Å². The molecule has 0 unspecified atom stereocenters. The van der Waals surface area contributed by atoms with Gasteiger partial charge >= 0.3 is 5.56 Å². The van der Waals surface area contributed by atoms with Crippen molar-refractivity contribution in [3.8, 4) is 0 Å². The lowest BCUT2D eigenvalue weighted by molar-refractivity contribution is 1.08. The zero-order valence-electron chi connectivity index (χ0n) is 7.35. The van der Waals surface area contributed by atoms with E-state index in [4.69, 9.17) is 17.3 Å². The zero-order chi connectivity index (χ0) is 11.0. The number of nitrogens with two attached hydrogens (primary N) is 1. The summed E-state index contributed by atoms with van der Waals surface area (Å²) in [7, 11) is 0. The summed E-state index contributed by atoms with van der Waals surface area (Å²) >= 11 is 5.73. The first-order valence-corrected chi connectivity index (χ1v) is 4.32. The number of fused-ring (bicyclic) bond motifs is 1. The fourth-order valence-corrected chi connectivity index (χ4v) is 1.38. The predicted molar refractivity (Wildman–Crippen MR) is 56.3 cm³/mol. The topological polar surface area (TPSA) is 89.8 Å². The van der Waals surface area contributed by atoms with Crippen LogP contribution < -0.4 is 11.3 Å². The Kier molecular flexibility index (Phi) is 2.12. The molecule has 0 aromatic carbocycles. The number of pyridine rings is 1. The van der Waals surface area contributed by atoms with E-state index < -0.39 is 11.2 Å². The van der Waals surface area contributed by atoms with Gasteiger partial charge < -0.3 is 5.73 Å². The third kappa shape index (κ3) is 1.44. The highest BCUT2D eigenvalue weighted by Gasteiger charge is 2.10. The van der Waals surface area contributed by atoms with Gasteiger partial charge in [0.05, 0.1) is 5.02 Å². The van der Waals surface area contributed by atoms with Crippen LogP contribution in [-0.2, 0) is 0 Å². The van der Waals surface area contributed by atoms with Crippen molar-refractivity contribution in [1.82, 2.24) is 9.38 Å². The highest BCUT2D eigenvalue weighted by atomic mass is 35.5. The second-order valence-electron chi connectivity index (χ2n) is 2.82. The van der Waals surface area contributed by atoms with Crippen molar-refractivity contribution in [3.63, 3.8) is 0 Å². The van der Waals surface area contributed by atoms with Crippen LogP contribution in [0.3, 0.4) is 0 Å². The van der Waals surface area contributed by atoms with E-state index in [0.29, 0.717) is 10.7 Å². The first-order valence-electron chi connectivity index (χ1n) is 3.94. The van der Waals surface area contributed by atoms with E-state index in [1.165, 1.54) is 16.7 Å². The molecular weight excluding hydrogens is 220 g/mol. The quantitative estimate of drug-likeness (QED) is 0.740.